The number of nitrogens with one attached hydrogen (secondary N) is 1. The maximum atomic E-state index is 13.6. The molecule has 182 valence electrons. The first kappa shape index (κ1) is 23.0. The third-order valence-corrected chi connectivity index (χ3v) is 6.20. The Morgan fingerprint density at radius 1 is 1.06 bits per heavy atom. The van der Waals surface area contributed by atoms with Crippen LogP contribution < -0.4 is 10.9 Å². The second-order valence-electron chi connectivity index (χ2n) is 8.74. The second-order valence-corrected chi connectivity index (χ2v) is 8.74. The van der Waals surface area contributed by atoms with Crippen molar-refractivity contribution in [1.29, 1.82) is 0 Å². The lowest BCUT2D eigenvalue weighted by atomic mass is 10.2. The first-order chi connectivity index (χ1) is 17.0. The molecule has 3 aromatic heterocycles. The van der Waals surface area contributed by atoms with E-state index in [1.807, 2.05) is 60.3 Å². The number of aryl methyl sites for hydroxylation is 2. The van der Waals surface area contributed by atoms with Crippen molar-refractivity contribution in [1.82, 2.24) is 34.3 Å². The van der Waals surface area contributed by atoms with Crippen LogP contribution in [0.1, 0.15) is 11.3 Å². The zero-order chi connectivity index (χ0) is 24.4. The molecule has 1 fully saturated rings. The van der Waals surface area contributed by atoms with Crippen LogP contribution in [-0.2, 0) is 16.1 Å². The normalized spacial score (nSPS) is 14.5. The summed E-state index contributed by atoms with van der Waals surface area (Å²) in [7, 11) is 0. The van der Waals surface area contributed by atoms with Gasteiger partial charge >= 0.3 is 0 Å². The number of benzene rings is 1. The van der Waals surface area contributed by atoms with E-state index >= 15 is 0 Å². The molecular formula is C25H29N7O3. The lowest BCUT2D eigenvalue weighted by Crippen LogP contribution is -2.42. The van der Waals surface area contributed by atoms with Gasteiger partial charge in [0.25, 0.3) is 5.56 Å². The van der Waals surface area contributed by atoms with E-state index in [-0.39, 0.29) is 18.0 Å². The van der Waals surface area contributed by atoms with Gasteiger partial charge in [0.05, 0.1) is 24.6 Å². The molecule has 0 aliphatic carbocycles. The smallest absolute Gasteiger partial charge is 0.280 e. The molecule has 1 aliphatic rings. The van der Waals surface area contributed by atoms with Crippen molar-refractivity contribution in [3.05, 3.63) is 70.4 Å². The zero-order valence-corrected chi connectivity index (χ0v) is 20.0. The summed E-state index contributed by atoms with van der Waals surface area (Å²) in [6, 6.07) is 11.7. The third kappa shape index (κ3) is 4.75. The van der Waals surface area contributed by atoms with Crippen LogP contribution in [-0.4, -0.2) is 74.3 Å². The minimum Gasteiger partial charge on any atom is -0.379 e. The molecule has 1 N–H and O–H groups in total. The number of rotatable bonds is 7. The number of carbonyl (C=O) groups excluding carboxylic acids is 1. The molecule has 4 heterocycles. The Kier molecular flexibility index (Phi) is 6.47. The maximum absolute atomic E-state index is 13.6. The summed E-state index contributed by atoms with van der Waals surface area (Å²) in [4.78, 5) is 28.5. The Balaban J connectivity index is 1.47. The quantitative estimate of drug-likeness (QED) is 0.434. The maximum Gasteiger partial charge on any atom is 0.280 e. The Hall–Kier alpha value is -3.76. The Morgan fingerprint density at radius 3 is 2.49 bits per heavy atom. The van der Waals surface area contributed by atoms with Crippen molar-refractivity contribution >= 4 is 16.8 Å². The SMILES string of the molecule is Cc1ccc(-n2nc3c(C)nn(CC(=O)NCCN4CCOCC4)c(=O)c3c2-n2cccc2)cc1. The van der Waals surface area contributed by atoms with E-state index in [0.29, 0.717) is 42.2 Å². The summed E-state index contributed by atoms with van der Waals surface area (Å²) < 4.78 is 10.2. The van der Waals surface area contributed by atoms with Crippen LogP contribution in [0, 0.1) is 13.8 Å². The summed E-state index contributed by atoms with van der Waals surface area (Å²) >= 11 is 0. The lowest BCUT2D eigenvalue weighted by Gasteiger charge is -2.26. The molecule has 35 heavy (non-hydrogen) atoms. The van der Waals surface area contributed by atoms with Gasteiger partial charge in [0.2, 0.25) is 5.91 Å². The van der Waals surface area contributed by atoms with Crippen LogP contribution in [0.3, 0.4) is 0 Å². The van der Waals surface area contributed by atoms with Gasteiger partial charge in [0, 0.05) is 38.6 Å². The third-order valence-electron chi connectivity index (χ3n) is 6.20. The molecule has 1 amide bonds. The molecule has 0 unspecified atom stereocenters. The average Bonchev–Trinajstić information content (AvgIpc) is 3.52. The van der Waals surface area contributed by atoms with Gasteiger partial charge in [0.15, 0.2) is 5.82 Å². The number of carbonyl (C=O) groups is 1. The number of hydrogen-bond acceptors (Lipinski definition) is 6. The minimum absolute atomic E-state index is 0.153. The fraction of sp³-hybridized carbons (Fsp3) is 0.360. The Morgan fingerprint density at radius 2 is 1.77 bits per heavy atom. The molecule has 0 atom stereocenters. The molecule has 4 aromatic rings. The summed E-state index contributed by atoms with van der Waals surface area (Å²) in [5.74, 6) is 0.367. The number of amides is 1. The van der Waals surface area contributed by atoms with E-state index in [1.54, 1.807) is 11.6 Å². The fourth-order valence-corrected chi connectivity index (χ4v) is 4.32. The second kappa shape index (κ2) is 9.85. The number of hydrogen-bond donors (Lipinski definition) is 1. The topological polar surface area (TPSA) is 99.2 Å². The van der Waals surface area contributed by atoms with E-state index in [4.69, 9.17) is 9.84 Å². The van der Waals surface area contributed by atoms with Crippen LogP contribution in [0.2, 0.25) is 0 Å². The number of fused-ring (bicyclic) bond motifs is 1. The van der Waals surface area contributed by atoms with Crippen molar-refractivity contribution < 1.29 is 9.53 Å². The van der Waals surface area contributed by atoms with E-state index in [9.17, 15) is 9.59 Å². The molecular weight excluding hydrogens is 446 g/mol. The molecule has 0 spiro atoms. The molecule has 5 rings (SSSR count). The molecule has 10 nitrogen and oxygen atoms in total. The van der Waals surface area contributed by atoms with Crippen molar-refractivity contribution in [3.8, 4) is 11.5 Å². The first-order valence-corrected chi connectivity index (χ1v) is 11.8. The van der Waals surface area contributed by atoms with Gasteiger partial charge in [-0.25, -0.2) is 9.36 Å². The number of nitrogens with zero attached hydrogens (tertiary/aromatic N) is 6. The van der Waals surface area contributed by atoms with Gasteiger partial charge in [-0.2, -0.15) is 10.2 Å². The highest BCUT2D eigenvalue weighted by Gasteiger charge is 2.22. The molecule has 1 aromatic carbocycles. The van der Waals surface area contributed by atoms with E-state index in [2.05, 4.69) is 15.3 Å². The largest absolute Gasteiger partial charge is 0.379 e. The van der Waals surface area contributed by atoms with Crippen molar-refractivity contribution in [2.45, 2.75) is 20.4 Å². The molecule has 10 heteroatoms. The average molecular weight is 476 g/mol. The van der Waals surface area contributed by atoms with Crippen LogP contribution >= 0.6 is 0 Å². The molecule has 1 saturated heterocycles. The molecule has 0 radical (unpaired) electrons. The standard InChI is InChI=1S/C25H29N7O3/c1-18-5-7-20(8-6-18)32-24(30-10-3-4-11-30)22-23(28-32)19(2)27-31(25(22)34)17-21(33)26-9-12-29-13-15-35-16-14-29/h3-8,10-11H,9,12-17H2,1-2H3,(H,26,33). The van der Waals surface area contributed by atoms with Gasteiger partial charge < -0.3 is 14.6 Å². The number of ether oxygens (including phenoxy) is 1. The summed E-state index contributed by atoms with van der Waals surface area (Å²) in [6.07, 6.45) is 3.75. The van der Waals surface area contributed by atoms with Crippen LogP contribution in [0.4, 0.5) is 0 Å². The van der Waals surface area contributed by atoms with Gasteiger partial charge in [-0.3, -0.25) is 14.5 Å². The Labute approximate surface area is 202 Å². The van der Waals surface area contributed by atoms with E-state index in [1.165, 1.54) is 4.68 Å². The van der Waals surface area contributed by atoms with Crippen LogP contribution in [0.15, 0.2) is 53.6 Å². The summed E-state index contributed by atoms with van der Waals surface area (Å²) in [6.45, 7) is 8.08. The van der Waals surface area contributed by atoms with Crippen LogP contribution in [0.25, 0.3) is 22.4 Å². The highest BCUT2D eigenvalue weighted by Crippen LogP contribution is 2.24. The molecule has 0 saturated carbocycles. The van der Waals surface area contributed by atoms with Crippen molar-refractivity contribution in [3.63, 3.8) is 0 Å². The minimum atomic E-state index is -0.351. The predicted molar refractivity (Wildman–Crippen MR) is 132 cm³/mol. The van der Waals surface area contributed by atoms with Gasteiger partial charge in [-0.05, 0) is 38.1 Å². The van der Waals surface area contributed by atoms with Crippen molar-refractivity contribution in [2.24, 2.45) is 0 Å². The van der Waals surface area contributed by atoms with E-state index < -0.39 is 0 Å². The monoisotopic (exact) mass is 475 g/mol. The highest BCUT2D eigenvalue weighted by atomic mass is 16.5. The van der Waals surface area contributed by atoms with Crippen LogP contribution in [0.5, 0.6) is 0 Å². The summed E-state index contributed by atoms with van der Waals surface area (Å²) in [5, 5.41) is 12.5. The van der Waals surface area contributed by atoms with E-state index in [0.717, 1.165) is 30.9 Å². The van der Waals surface area contributed by atoms with Crippen molar-refractivity contribution in [2.75, 3.05) is 39.4 Å². The zero-order valence-electron chi connectivity index (χ0n) is 20.0. The Bertz CT molecular complexity index is 1380. The predicted octanol–water partition coefficient (Wildman–Crippen LogP) is 1.44. The van der Waals surface area contributed by atoms with Gasteiger partial charge in [-0.15, -0.1) is 0 Å². The highest BCUT2D eigenvalue weighted by molar-refractivity contribution is 5.88. The molecule has 1 aliphatic heterocycles. The lowest BCUT2D eigenvalue weighted by molar-refractivity contribution is -0.122. The summed E-state index contributed by atoms with van der Waals surface area (Å²) in [5.41, 5.74) is 2.72. The number of aromatic nitrogens is 5. The molecule has 0 bridgehead atoms. The fourth-order valence-electron chi connectivity index (χ4n) is 4.32. The van der Waals surface area contributed by atoms with Gasteiger partial charge in [-0.1, -0.05) is 17.7 Å². The number of morpholine rings is 1. The van der Waals surface area contributed by atoms with Gasteiger partial charge in [0.1, 0.15) is 17.4 Å². The first-order valence-electron chi connectivity index (χ1n) is 11.8.